The fraction of sp³-hybridized carbons (Fsp3) is 0.286. The molecule has 0 spiro atoms. The van der Waals surface area contributed by atoms with Crippen LogP contribution in [0.3, 0.4) is 0 Å². The van der Waals surface area contributed by atoms with E-state index in [1.807, 2.05) is 6.07 Å². The van der Waals surface area contributed by atoms with Crippen molar-refractivity contribution in [3.63, 3.8) is 0 Å². The van der Waals surface area contributed by atoms with Crippen molar-refractivity contribution in [1.29, 1.82) is 0 Å². The highest BCUT2D eigenvalue weighted by Gasteiger charge is 2.43. The average molecular weight is 508 g/mol. The number of rotatable bonds is 7. The van der Waals surface area contributed by atoms with Crippen molar-refractivity contribution < 1.29 is 22.8 Å². The van der Waals surface area contributed by atoms with E-state index in [1.165, 1.54) is 23.1 Å². The Balaban J connectivity index is 1.89. The summed E-state index contributed by atoms with van der Waals surface area (Å²) >= 11 is 3.38. The molecule has 1 atom stereocenters. The van der Waals surface area contributed by atoms with E-state index in [4.69, 9.17) is 0 Å². The Labute approximate surface area is 189 Å². The van der Waals surface area contributed by atoms with Gasteiger partial charge in [-0.15, -0.1) is 0 Å². The van der Waals surface area contributed by atoms with E-state index < -0.39 is 34.4 Å². The molecule has 0 unspecified atom stereocenters. The van der Waals surface area contributed by atoms with Gasteiger partial charge in [0.25, 0.3) is 15.9 Å². The standard InChI is InChI=1S/C21H22BrN3O5S/c1-3-23-20(27)14(2)24(12-15-7-6-8-16(22)11-15)19(26)13-25-21(28)17-9-4-5-10-18(17)31(25,29)30/h4-11,14H,3,12-13H2,1-2H3,(H,23,27)/t14-/m1/s1. The van der Waals surface area contributed by atoms with Crippen LogP contribution >= 0.6 is 15.9 Å². The van der Waals surface area contributed by atoms with Crippen molar-refractivity contribution in [3.05, 3.63) is 64.1 Å². The second kappa shape index (κ2) is 9.19. The summed E-state index contributed by atoms with van der Waals surface area (Å²) in [5, 5.41) is 2.67. The van der Waals surface area contributed by atoms with Crippen molar-refractivity contribution in [2.75, 3.05) is 13.1 Å². The first-order valence-corrected chi connectivity index (χ1v) is 11.9. The lowest BCUT2D eigenvalue weighted by atomic mass is 10.1. The summed E-state index contributed by atoms with van der Waals surface area (Å²) in [6, 6.07) is 12.2. The van der Waals surface area contributed by atoms with Crippen LogP contribution < -0.4 is 5.32 Å². The summed E-state index contributed by atoms with van der Waals surface area (Å²) < 4.78 is 27.0. The average Bonchev–Trinajstić information content (AvgIpc) is 2.92. The quantitative estimate of drug-likeness (QED) is 0.618. The van der Waals surface area contributed by atoms with Gasteiger partial charge in [-0.2, -0.15) is 0 Å². The van der Waals surface area contributed by atoms with E-state index >= 15 is 0 Å². The molecule has 3 rings (SSSR count). The Hall–Kier alpha value is -2.72. The van der Waals surface area contributed by atoms with Gasteiger partial charge in [0, 0.05) is 17.6 Å². The molecule has 164 valence electrons. The third kappa shape index (κ3) is 4.64. The topological polar surface area (TPSA) is 104 Å². The molecule has 31 heavy (non-hydrogen) atoms. The zero-order valence-corrected chi connectivity index (χ0v) is 19.4. The number of hydrogen-bond acceptors (Lipinski definition) is 5. The zero-order chi connectivity index (χ0) is 22.8. The van der Waals surface area contributed by atoms with Gasteiger partial charge in [-0.25, -0.2) is 12.7 Å². The van der Waals surface area contributed by atoms with Crippen LogP contribution in [0.15, 0.2) is 57.9 Å². The van der Waals surface area contributed by atoms with Gasteiger partial charge in [0.05, 0.1) is 5.56 Å². The molecule has 8 nitrogen and oxygen atoms in total. The number of benzene rings is 2. The SMILES string of the molecule is CCNC(=O)[C@@H](C)N(Cc1cccc(Br)c1)C(=O)CN1C(=O)c2ccccc2S1(=O)=O. The number of likely N-dealkylation sites (N-methyl/N-ethyl adjacent to an activating group) is 1. The van der Waals surface area contributed by atoms with E-state index in [2.05, 4.69) is 21.2 Å². The van der Waals surface area contributed by atoms with Gasteiger partial charge in [-0.3, -0.25) is 14.4 Å². The van der Waals surface area contributed by atoms with Crippen molar-refractivity contribution in [2.24, 2.45) is 0 Å². The molecular formula is C21H22BrN3O5S. The summed E-state index contributed by atoms with van der Waals surface area (Å²) in [4.78, 5) is 39.5. The summed E-state index contributed by atoms with van der Waals surface area (Å²) in [5.41, 5.74) is 0.781. The second-order valence-corrected chi connectivity index (χ2v) is 9.78. The van der Waals surface area contributed by atoms with E-state index in [1.54, 1.807) is 38.1 Å². The van der Waals surface area contributed by atoms with E-state index in [0.29, 0.717) is 10.8 Å². The molecule has 10 heteroatoms. The normalized spacial score (nSPS) is 15.3. The number of halogens is 1. The van der Waals surface area contributed by atoms with Crippen molar-refractivity contribution in [1.82, 2.24) is 14.5 Å². The van der Waals surface area contributed by atoms with Crippen LogP contribution in [0.25, 0.3) is 0 Å². The van der Waals surface area contributed by atoms with Crippen LogP contribution in [0.1, 0.15) is 29.8 Å². The Morgan fingerprint density at radius 1 is 1.16 bits per heavy atom. The minimum Gasteiger partial charge on any atom is -0.355 e. The lowest BCUT2D eigenvalue weighted by molar-refractivity contribution is -0.140. The summed E-state index contributed by atoms with van der Waals surface area (Å²) in [6.07, 6.45) is 0. The van der Waals surface area contributed by atoms with Gasteiger partial charge in [0.2, 0.25) is 11.8 Å². The van der Waals surface area contributed by atoms with Crippen LogP contribution in [-0.4, -0.2) is 54.5 Å². The molecule has 1 heterocycles. The highest BCUT2D eigenvalue weighted by molar-refractivity contribution is 9.10. The molecule has 0 bridgehead atoms. The smallest absolute Gasteiger partial charge is 0.269 e. The minimum absolute atomic E-state index is 0.0330. The largest absolute Gasteiger partial charge is 0.355 e. The van der Waals surface area contributed by atoms with Crippen LogP contribution in [0.5, 0.6) is 0 Å². The molecule has 0 fully saturated rings. The number of hydrogen-bond donors (Lipinski definition) is 1. The molecule has 1 aliphatic heterocycles. The number of nitrogens with zero attached hydrogens (tertiary/aromatic N) is 2. The van der Waals surface area contributed by atoms with E-state index in [9.17, 15) is 22.8 Å². The van der Waals surface area contributed by atoms with Crippen LogP contribution in [0, 0.1) is 0 Å². The Morgan fingerprint density at radius 2 is 1.87 bits per heavy atom. The molecule has 0 saturated carbocycles. The number of fused-ring (bicyclic) bond motifs is 1. The van der Waals surface area contributed by atoms with Crippen LogP contribution in [0.2, 0.25) is 0 Å². The molecular weight excluding hydrogens is 486 g/mol. The molecule has 2 aromatic carbocycles. The van der Waals surface area contributed by atoms with Crippen molar-refractivity contribution in [2.45, 2.75) is 31.3 Å². The number of carbonyl (C=O) groups is 3. The summed E-state index contributed by atoms with van der Waals surface area (Å²) in [7, 11) is -4.13. The Bertz CT molecular complexity index is 1140. The molecule has 0 saturated heterocycles. The highest BCUT2D eigenvalue weighted by atomic mass is 79.9. The predicted molar refractivity (Wildman–Crippen MR) is 118 cm³/mol. The first-order valence-electron chi connectivity index (χ1n) is 9.64. The monoisotopic (exact) mass is 507 g/mol. The lowest BCUT2D eigenvalue weighted by Crippen LogP contribution is -2.51. The lowest BCUT2D eigenvalue weighted by Gasteiger charge is -2.30. The van der Waals surface area contributed by atoms with Gasteiger partial charge in [-0.05, 0) is 43.7 Å². The molecule has 1 aliphatic rings. The Morgan fingerprint density at radius 3 is 2.52 bits per heavy atom. The number of sulfonamides is 1. The molecule has 2 aromatic rings. The molecule has 0 aliphatic carbocycles. The first-order chi connectivity index (χ1) is 14.7. The summed E-state index contributed by atoms with van der Waals surface area (Å²) in [6.45, 7) is 3.10. The number of nitrogens with one attached hydrogen (secondary N) is 1. The van der Waals surface area contributed by atoms with E-state index in [-0.39, 0.29) is 22.9 Å². The first kappa shape index (κ1) is 23.0. The molecule has 1 N–H and O–H groups in total. The maximum absolute atomic E-state index is 13.2. The molecule has 3 amide bonds. The van der Waals surface area contributed by atoms with Gasteiger partial charge < -0.3 is 10.2 Å². The Kier molecular flexibility index (Phi) is 6.80. The number of carbonyl (C=O) groups excluding carboxylic acids is 3. The van der Waals surface area contributed by atoms with Crippen molar-refractivity contribution >= 4 is 43.7 Å². The third-order valence-electron chi connectivity index (χ3n) is 4.95. The third-order valence-corrected chi connectivity index (χ3v) is 7.23. The fourth-order valence-corrected chi connectivity index (χ4v) is 5.30. The maximum atomic E-state index is 13.2. The molecule has 0 radical (unpaired) electrons. The van der Waals surface area contributed by atoms with E-state index in [0.717, 1.165) is 10.0 Å². The van der Waals surface area contributed by atoms with Gasteiger partial charge in [-0.1, -0.05) is 40.2 Å². The highest BCUT2D eigenvalue weighted by Crippen LogP contribution is 2.30. The van der Waals surface area contributed by atoms with Crippen molar-refractivity contribution in [3.8, 4) is 0 Å². The minimum atomic E-state index is -4.13. The van der Waals surface area contributed by atoms with Gasteiger partial charge >= 0.3 is 0 Å². The number of amides is 3. The van der Waals surface area contributed by atoms with Crippen LogP contribution in [0.4, 0.5) is 0 Å². The summed E-state index contributed by atoms with van der Waals surface area (Å²) in [5.74, 6) is -1.77. The zero-order valence-electron chi connectivity index (χ0n) is 17.0. The predicted octanol–water partition coefficient (Wildman–Crippen LogP) is 2.15. The molecule has 0 aromatic heterocycles. The fourth-order valence-electron chi connectivity index (χ4n) is 3.34. The maximum Gasteiger partial charge on any atom is 0.269 e. The second-order valence-electron chi connectivity index (χ2n) is 7.04. The van der Waals surface area contributed by atoms with Gasteiger partial charge in [0.15, 0.2) is 0 Å². The van der Waals surface area contributed by atoms with Crippen LogP contribution in [-0.2, 0) is 26.2 Å². The van der Waals surface area contributed by atoms with Gasteiger partial charge in [0.1, 0.15) is 17.5 Å².